The number of carbonyl (C=O) groups is 4. The molecular weight excluding hydrogens is 773 g/mol. The number of aliphatic hydroxyl groups is 2. The molecule has 14 nitrogen and oxygen atoms in total. The molecule has 0 unspecified atom stereocenters. The van der Waals surface area contributed by atoms with Crippen molar-refractivity contribution in [2.24, 2.45) is 28.6 Å². The number of aryl methyl sites for hydroxylation is 2. The number of benzene rings is 1. The number of hydrogen-bond donors (Lipinski definition) is 4. The van der Waals surface area contributed by atoms with Gasteiger partial charge in [-0.25, -0.2) is 9.59 Å². The molecule has 3 aromatic rings. The Bertz CT molecular complexity index is 2410. The van der Waals surface area contributed by atoms with Crippen molar-refractivity contribution in [2.45, 2.75) is 117 Å². The number of ketones is 2. The molecule has 0 spiro atoms. The summed E-state index contributed by atoms with van der Waals surface area (Å²) in [4.78, 5) is 73.1. The summed E-state index contributed by atoms with van der Waals surface area (Å²) in [5, 5.41) is 40.4. The van der Waals surface area contributed by atoms with E-state index in [1.165, 1.54) is 10.6 Å². The molecule has 59 heavy (non-hydrogen) atoms. The van der Waals surface area contributed by atoms with E-state index >= 15 is 0 Å². The second-order valence-corrected chi connectivity index (χ2v) is 16.8. The SMILES string of the molecule is CCC[C@@H]1O[C@@H]2C[C@H]3[C@@H]4CCC5=CC(=O)C=C[C@]5(C)[C@H]4[C@@H](O)C[C@]3(C)[C@]2(C(=O)CO)O1.CCCc1c2oc(C(=O)O)cc(=O)c2cc2c(=O)cc(C(=O)O)n(CC)c12.[NaH]. The van der Waals surface area contributed by atoms with Crippen LogP contribution in [0.25, 0.3) is 21.9 Å². The fourth-order valence-corrected chi connectivity index (χ4v) is 11.5. The van der Waals surface area contributed by atoms with Gasteiger partial charge in [0.2, 0.25) is 5.76 Å². The van der Waals surface area contributed by atoms with Gasteiger partial charge in [0.25, 0.3) is 0 Å². The molecule has 8 rings (SSSR count). The van der Waals surface area contributed by atoms with Crippen LogP contribution in [0.2, 0.25) is 0 Å². The number of hydrogen-bond acceptors (Lipinski definition) is 11. The number of aliphatic hydroxyl groups excluding tert-OH is 2. The van der Waals surface area contributed by atoms with Crippen LogP contribution in [0.4, 0.5) is 0 Å². The molecule has 4 fully saturated rings. The molecule has 4 aliphatic carbocycles. The third kappa shape index (κ3) is 6.92. The zero-order valence-corrected chi connectivity index (χ0v) is 33.4. The first-order valence-electron chi connectivity index (χ1n) is 20.2. The summed E-state index contributed by atoms with van der Waals surface area (Å²) in [7, 11) is 0. The number of aromatic carboxylic acids is 2. The van der Waals surface area contributed by atoms with Gasteiger partial charge in [-0.15, -0.1) is 0 Å². The number of ether oxygens (including phenoxy) is 2. The van der Waals surface area contributed by atoms with E-state index in [1.807, 2.05) is 13.0 Å². The van der Waals surface area contributed by atoms with Crippen molar-refractivity contribution in [1.29, 1.82) is 0 Å². The number of nitrogens with zero attached hydrogens (tertiary/aromatic N) is 1. The van der Waals surface area contributed by atoms with E-state index in [0.29, 0.717) is 43.2 Å². The first-order chi connectivity index (χ1) is 27.5. The first kappa shape index (κ1) is 44.8. The Morgan fingerprint density at radius 3 is 2.31 bits per heavy atom. The Labute approximate surface area is 362 Å². The zero-order chi connectivity index (χ0) is 42.1. The third-order valence-corrected chi connectivity index (χ3v) is 13.8. The van der Waals surface area contributed by atoms with Crippen molar-refractivity contribution >= 4 is 74.9 Å². The molecule has 4 N–H and O–H groups in total. The van der Waals surface area contributed by atoms with Gasteiger partial charge >= 0.3 is 41.5 Å². The van der Waals surface area contributed by atoms with Gasteiger partial charge in [0.15, 0.2) is 34.3 Å². The van der Waals surface area contributed by atoms with Gasteiger partial charge in [0.1, 0.15) is 17.9 Å². The van der Waals surface area contributed by atoms with Crippen LogP contribution < -0.4 is 10.9 Å². The summed E-state index contributed by atoms with van der Waals surface area (Å²) in [6.07, 6.45) is 9.31. The number of Topliss-reactive ketones (excluding diaryl/α,β-unsaturated/α-hetero) is 1. The first-order valence-corrected chi connectivity index (χ1v) is 20.2. The number of aromatic nitrogens is 1. The summed E-state index contributed by atoms with van der Waals surface area (Å²) in [6, 6.07) is 3.25. The van der Waals surface area contributed by atoms with E-state index in [-0.39, 0.29) is 92.9 Å². The average molecular weight is 826 g/mol. The van der Waals surface area contributed by atoms with E-state index in [2.05, 4.69) is 20.8 Å². The van der Waals surface area contributed by atoms with Gasteiger partial charge in [0.05, 0.1) is 23.1 Å². The summed E-state index contributed by atoms with van der Waals surface area (Å²) in [5.41, 5.74) is -1.45. The van der Waals surface area contributed by atoms with Crippen molar-refractivity contribution < 1.29 is 53.5 Å². The number of allylic oxidation sites excluding steroid dienone is 4. The van der Waals surface area contributed by atoms with Crippen molar-refractivity contribution in [1.82, 2.24) is 4.57 Å². The van der Waals surface area contributed by atoms with Gasteiger partial charge in [-0.3, -0.25) is 19.2 Å². The molecule has 1 saturated heterocycles. The van der Waals surface area contributed by atoms with Crippen LogP contribution in [0.3, 0.4) is 0 Å². The number of pyridine rings is 1. The average Bonchev–Trinajstić information content (AvgIpc) is 3.66. The molecule has 1 aromatic carbocycles. The Morgan fingerprint density at radius 2 is 1.68 bits per heavy atom. The van der Waals surface area contributed by atoms with E-state index < -0.39 is 64.7 Å². The number of carboxylic acids is 2. The van der Waals surface area contributed by atoms with Crippen LogP contribution in [0.1, 0.15) is 106 Å². The van der Waals surface area contributed by atoms with Crippen LogP contribution in [0, 0.1) is 28.6 Å². The van der Waals surface area contributed by atoms with Gasteiger partial charge in [0, 0.05) is 46.4 Å². The number of carbonyl (C=O) groups excluding carboxylic acids is 2. The van der Waals surface area contributed by atoms with E-state index in [1.54, 1.807) is 19.1 Å². The minimum atomic E-state index is -1.39. The molecule has 0 bridgehead atoms. The molecular formula is C44H52NNaO13. The molecule has 9 atom stereocenters. The Morgan fingerprint density at radius 1 is 0.966 bits per heavy atom. The fourth-order valence-electron chi connectivity index (χ4n) is 11.5. The second-order valence-electron chi connectivity index (χ2n) is 16.8. The topological polar surface area (TPSA) is 220 Å². The molecule has 15 heteroatoms. The molecule has 0 amide bonds. The van der Waals surface area contributed by atoms with Gasteiger partial charge in [-0.2, -0.15) is 0 Å². The molecule has 3 saturated carbocycles. The number of fused-ring (bicyclic) bond motifs is 9. The van der Waals surface area contributed by atoms with Crippen LogP contribution in [-0.2, 0) is 32.0 Å². The summed E-state index contributed by atoms with van der Waals surface area (Å²) < 4.78 is 19.6. The Balaban J connectivity index is 0.000000197. The molecule has 312 valence electrons. The normalized spacial score (nSPS) is 31.6. The number of rotatable bonds is 9. The van der Waals surface area contributed by atoms with Crippen LogP contribution in [0.15, 0.2) is 56.0 Å². The quantitative estimate of drug-likeness (QED) is 0.172. The van der Waals surface area contributed by atoms with Crippen molar-refractivity contribution in [3.8, 4) is 0 Å². The van der Waals surface area contributed by atoms with Crippen LogP contribution in [0.5, 0.6) is 0 Å². The standard InChI is InChI=1S/C25H34O6.C19H17NO7.Na.H/c1-4-5-21-30-20-11-17-16-7-6-14-10-15(27)8-9-23(14,2)22(16)18(28)12-24(17,3)25(20,31-21)19(29)13-26;1-3-5-9-16-10(13(21)7-12(18(23)24)20(16)4-2)6-11-14(22)8-15(19(25)26)27-17(9)11;;/h8-10,16-18,20-22,26,28H,4-7,11-13H2,1-3H3;6-8H,3-5H2,1-2H3,(H,23,24)(H,25,26);;/t16-,17-,18-,20+,21+,22+,23-,24-,25+;;;/m0.../s1. The van der Waals surface area contributed by atoms with Crippen LogP contribution >= 0.6 is 0 Å². The van der Waals surface area contributed by atoms with Gasteiger partial charge in [-0.05, 0) is 75.5 Å². The summed E-state index contributed by atoms with van der Waals surface area (Å²) in [5.74, 6) is -3.12. The Kier molecular flexibility index (Phi) is 12.6. The van der Waals surface area contributed by atoms with Crippen molar-refractivity contribution in [3.63, 3.8) is 0 Å². The van der Waals surface area contributed by atoms with E-state index in [0.717, 1.165) is 37.0 Å². The van der Waals surface area contributed by atoms with E-state index in [9.17, 15) is 49.2 Å². The predicted octanol–water partition coefficient (Wildman–Crippen LogP) is 4.55. The van der Waals surface area contributed by atoms with Crippen molar-refractivity contribution in [2.75, 3.05) is 6.61 Å². The van der Waals surface area contributed by atoms with Gasteiger partial charge in [-0.1, -0.05) is 52.2 Å². The second kappa shape index (κ2) is 16.6. The summed E-state index contributed by atoms with van der Waals surface area (Å²) >= 11 is 0. The molecule has 0 radical (unpaired) electrons. The maximum atomic E-state index is 13.2. The Hall–Kier alpha value is -3.76. The van der Waals surface area contributed by atoms with Gasteiger partial charge < -0.3 is 38.9 Å². The molecule has 3 heterocycles. The molecule has 2 aromatic heterocycles. The van der Waals surface area contributed by atoms with Crippen LogP contribution in [-0.4, -0.2) is 109 Å². The zero-order valence-electron chi connectivity index (χ0n) is 33.4. The van der Waals surface area contributed by atoms with Crippen molar-refractivity contribution in [3.05, 3.63) is 79.5 Å². The minimum absolute atomic E-state index is 0. The summed E-state index contributed by atoms with van der Waals surface area (Å²) in [6.45, 7) is 9.55. The molecule has 1 aliphatic heterocycles. The predicted molar refractivity (Wildman–Crippen MR) is 218 cm³/mol. The number of carboxylic acid groups (broad SMARTS) is 2. The molecule has 5 aliphatic rings. The monoisotopic (exact) mass is 825 g/mol. The van der Waals surface area contributed by atoms with E-state index in [4.69, 9.17) is 13.9 Å². The maximum absolute atomic E-state index is 13.2. The third-order valence-electron chi connectivity index (χ3n) is 13.8. The fraction of sp³-hybridized carbons (Fsp3) is 0.545.